The summed E-state index contributed by atoms with van der Waals surface area (Å²) in [5, 5.41) is 6.48. The first kappa shape index (κ1) is 11.7. The predicted octanol–water partition coefficient (Wildman–Crippen LogP) is -0.561. The van der Waals surface area contributed by atoms with Gasteiger partial charge in [0.15, 0.2) is 5.03 Å². The van der Waals surface area contributed by atoms with Crippen LogP contribution in [0.5, 0.6) is 0 Å². The Hall–Kier alpha value is -1.74. The Kier molecular flexibility index (Phi) is 3.49. The molecule has 2 aromatic heterocycles. The molecule has 0 bridgehead atoms. The van der Waals surface area contributed by atoms with Crippen LogP contribution in [0.15, 0.2) is 23.9 Å². The second-order valence-electron chi connectivity index (χ2n) is 3.35. The van der Waals surface area contributed by atoms with Crippen LogP contribution in [0.2, 0.25) is 0 Å². The molecule has 8 nitrogen and oxygen atoms in total. The molecule has 92 valence electrons. The van der Waals surface area contributed by atoms with Crippen LogP contribution in [-0.4, -0.2) is 40.1 Å². The Labute approximate surface area is 97.9 Å². The molecule has 0 aliphatic carbocycles. The molecule has 0 spiro atoms. The van der Waals surface area contributed by atoms with E-state index in [9.17, 15) is 8.42 Å². The third kappa shape index (κ3) is 3.11. The second kappa shape index (κ2) is 5.06. The fourth-order valence-corrected chi connectivity index (χ4v) is 2.26. The molecule has 0 amide bonds. The minimum absolute atomic E-state index is 0.0668. The number of imidazole rings is 1. The lowest BCUT2D eigenvalue weighted by molar-refractivity contribution is 0.575. The molecule has 3 N–H and O–H groups in total. The van der Waals surface area contributed by atoms with Gasteiger partial charge in [0.25, 0.3) is 10.0 Å². The Morgan fingerprint density at radius 1 is 1.41 bits per heavy atom. The molecule has 17 heavy (non-hydrogen) atoms. The molecule has 0 atom stereocenters. The van der Waals surface area contributed by atoms with Crippen molar-refractivity contribution < 1.29 is 8.42 Å². The van der Waals surface area contributed by atoms with Gasteiger partial charge < -0.3 is 4.98 Å². The van der Waals surface area contributed by atoms with Crippen molar-refractivity contribution in [3.8, 4) is 0 Å². The fraction of sp³-hybridized carbons (Fsp3) is 0.375. The van der Waals surface area contributed by atoms with Gasteiger partial charge in [-0.3, -0.25) is 5.10 Å². The molecule has 0 radical (unpaired) electrons. The quantitative estimate of drug-likeness (QED) is 0.599. The molecule has 0 fully saturated rings. The van der Waals surface area contributed by atoms with Crippen LogP contribution in [0.1, 0.15) is 12.2 Å². The Bertz CT molecular complexity index is 533. The molecule has 2 heterocycles. The van der Waals surface area contributed by atoms with E-state index in [1.54, 1.807) is 0 Å². The summed E-state index contributed by atoms with van der Waals surface area (Å²) in [5.74, 6) is 0.741. The summed E-state index contributed by atoms with van der Waals surface area (Å²) in [6.07, 6.45) is 5.29. The van der Waals surface area contributed by atoms with E-state index in [-0.39, 0.29) is 5.03 Å². The van der Waals surface area contributed by atoms with Crippen LogP contribution >= 0.6 is 0 Å². The third-order valence-electron chi connectivity index (χ3n) is 2.11. The van der Waals surface area contributed by atoms with Gasteiger partial charge in [-0.25, -0.2) is 23.1 Å². The molecular formula is C8H12N6O2S. The van der Waals surface area contributed by atoms with E-state index in [1.807, 2.05) is 0 Å². The zero-order valence-corrected chi connectivity index (χ0v) is 9.74. The SMILES string of the molecule is O=S(=O)(NCCCc1ncn[nH]1)c1cnc[nH]1. The summed E-state index contributed by atoms with van der Waals surface area (Å²) in [6, 6.07) is 0. The first-order valence-corrected chi connectivity index (χ1v) is 6.49. The van der Waals surface area contributed by atoms with E-state index in [1.165, 1.54) is 18.9 Å². The van der Waals surface area contributed by atoms with Crippen molar-refractivity contribution in [2.75, 3.05) is 6.54 Å². The number of aromatic nitrogens is 5. The lowest BCUT2D eigenvalue weighted by Gasteiger charge is -2.03. The molecule has 9 heteroatoms. The minimum Gasteiger partial charge on any atom is -0.335 e. The molecule has 2 aromatic rings. The first-order valence-electron chi connectivity index (χ1n) is 5.01. The number of nitrogens with one attached hydrogen (secondary N) is 3. The average molecular weight is 256 g/mol. The van der Waals surface area contributed by atoms with Crippen LogP contribution in [0.4, 0.5) is 0 Å². The van der Waals surface area contributed by atoms with Crippen molar-refractivity contribution in [2.24, 2.45) is 0 Å². The minimum atomic E-state index is -3.47. The lowest BCUT2D eigenvalue weighted by atomic mass is 10.3. The van der Waals surface area contributed by atoms with Crippen LogP contribution < -0.4 is 4.72 Å². The fourth-order valence-electron chi connectivity index (χ4n) is 1.28. The number of H-pyrrole nitrogens is 2. The Morgan fingerprint density at radius 3 is 2.94 bits per heavy atom. The van der Waals surface area contributed by atoms with Crippen LogP contribution in [0, 0.1) is 0 Å². The van der Waals surface area contributed by atoms with Crippen molar-refractivity contribution >= 4 is 10.0 Å². The zero-order chi connectivity index (χ0) is 12.1. The molecular weight excluding hydrogens is 244 g/mol. The number of hydrogen-bond donors (Lipinski definition) is 3. The van der Waals surface area contributed by atoms with Crippen LogP contribution in [-0.2, 0) is 16.4 Å². The summed E-state index contributed by atoms with van der Waals surface area (Å²) in [4.78, 5) is 10.1. The van der Waals surface area contributed by atoms with E-state index in [4.69, 9.17) is 0 Å². The number of nitrogens with zero attached hydrogens (tertiary/aromatic N) is 3. The Balaban J connectivity index is 1.79. The normalized spacial score (nSPS) is 11.8. The second-order valence-corrected chi connectivity index (χ2v) is 5.08. The molecule has 0 saturated carbocycles. The summed E-state index contributed by atoms with van der Waals surface area (Å²) < 4.78 is 25.7. The van der Waals surface area contributed by atoms with Gasteiger partial charge >= 0.3 is 0 Å². The monoisotopic (exact) mass is 256 g/mol. The van der Waals surface area contributed by atoms with Gasteiger partial charge in [-0.1, -0.05) is 0 Å². The number of rotatable bonds is 6. The highest BCUT2D eigenvalue weighted by atomic mass is 32.2. The third-order valence-corrected chi connectivity index (χ3v) is 3.50. The maximum atomic E-state index is 11.6. The maximum Gasteiger partial charge on any atom is 0.257 e. The smallest absolute Gasteiger partial charge is 0.257 e. The van der Waals surface area contributed by atoms with Gasteiger partial charge in [-0.2, -0.15) is 5.10 Å². The molecule has 0 aliphatic rings. The number of hydrogen-bond acceptors (Lipinski definition) is 5. The highest BCUT2D eigenvalue weighted by Gasteiger charge is 2.14. The molecule has 0 aliphatic heterocycles. The number of sulfonamides is 1. The van der Waals surface area contributed by atoms with Crippen molar-refractivity contribution in [3.05, 3.63) is 24.7 Å². The highest BCUT2D eigenvalue weighted by molar-refractivity contribution is 7.89. The van der Waals surface area contributed by atoms with Gasteiger partial charge in [-0.05, 0) is 6.42 Å². The van der Waals surface area contributed by atoms with Gasteiger partial charge in [-0.15, -0.1) is 0 Å². The van der Waals surface area contributed by atoms with Crippen molar-refractivity contribution in [3.63, 3.8) is 0 Å². The van der Waals surface area contributed by atoms with Gasteiger partial charge in [0.05, 0.1) is 12.5 Å². The molecule has 0 saturated heterocycles. The largest absolute Gasteiger partial charge is 0.335 e. The van der Waals surface area contributed by atoms with Gasteiger partial charge in [0, 0.05) is 13.0 Å². The van der Waals surface area contributed by atoms with E-state index < -0.39 is 10.0 Å². The van der Waals surface area contributed by atoms with Crippen LogP contribution in [0.25, 0.3) is 0 Å². The highest BCUT2D eigenvalue weighted by Crippen LogP contribution is 2.02. The topological polar surface area (TPSA) is 116 Å². The van der Waals surface area contributed by atoms with E-state index in [0.717, 1.165) is 5.82 Å². The van der Waals surface area contributed by atoms with Crippen LogP contribution in [0.3, 0.4) is 0 Å². The molecule has 0 unspecified atom stereocenters. The summed E-state index contributed by atoms with van der Waals surface area (Å²) in [5.41, 5.74) is 0. The standard InChI is InChI=1S/C8H12N6O2S/c15-17(16,8-4-9-5-11-8)13-3-1-2-7-10-6-12-14-7/h4-6,13H,1-3H2,(H,9,11)(H,10,12,14). The Morgan fingerprint density at radius 2 is 2.29 bits per heavy atom. The van der Waals surface area contributed by atoms with E-state index >= 15 is 0 Å². The number of aryl methyl sites for hydroxylation is 1. The van der Waals surface area contributed by atoms with Gasteiger partial charge in [0.2, 0.25) is 0 Å². The zero-order valence-electron chi connectivity index (χ0n) is 8.92. The van der Waals surface area contributed by atoms with Crippen molar-refractivity contribution in [1.29, 1.82) is 0 Å². The summed E-state index contributed by atoms with van der Waals surface area (Å²) in [7, 11) is -3.47. The lowest BCUT2D eigenvalue weighted by Crippen LogP contribution is -2.25. The average Bonchev–Trinajstić information content (AvgIpc) is 2.97. The molecule has 0 aromatic carbocycles. The molecule has 2 rings (SSSR count). The predicted molar refractivity (Wildman–Crippen MR) is 58.5 cm³/mol. The first-order chi connectivity index (χ1) is 8.18. The van der Waals surface area contributed by atoms with Gasteiger partial charge in [0.1, 0.15) is 12.2 Å². The van der Waals surface area contributed by atoms with Crippen molar-refractivity contribution in [1.82, 2.24) is 29.9 Å². The summed E-state index contributed by atoms with van der Waals surface area (Å²) >= 11 is 0. The van der Waals surface area contributed by atoms with E-state index in [0.29, 0.717) is 19.4 Å². The maximum absolute atomic E-state index is 11.6. The van der Waals surface area contributed by atoms with Crippen molar-refractivity contribution in [2.45, 2.75) is 17.9 Å². The summed E-state index contributed by atoms with van der Waals surface area (Å²) in [6.45, 7) is 0.335. The number of aromatic amines is 2. The van der Waals surface area contributed by atoms with E-state index in [2.05, 4.69) is 29.9 Å².